The first-order valence-electron chi connectivity index (χ1n) is 5.07. The molecule has 76 valence electrons. The van der Waals surface area contributed by atoms with Gasteiger partial charge in [0.25, 0.3) is 0 Å². The van der Waals surface area contributed by atoms with E-state index in [4.69, 9.17) is 10.5 Å². The van der Waals surface area contributed by atoms with Crippen molar-refractivity contribution in [3.05, 3.63) is 24.3 Å². The van der Waals surface area contributed by atoms with E-state index in [-0.39, 0.29) is 6.23 Å². The van der Waals surface area contributed by atoms with Gasteiger partial charge in [0.05, 0.1) is 12.2 Å². The van der Waals surface area contributed by atoms with Gasteiger partial charge >= 0.3 is 0 Å². The maximum absolute atomic E-state index is 5.81. The number of hydrogen-bond acceptors (Lipinski definition) is 3. The van der Waals surface area contributed by atoms with Crippen LogP contribution < -0.4 is 15.4 Å². The van der Waals surface area contributed by atoms with Gasteiger partial charge in [0, 0.05) is 6.54 Å². The lowest BCUT2D eigenvalue weighted by atomic mass is 10.2. The number of benzene rings is 1. The van der Waals surface area contributed by atoms with Gasteiger partial charge in [-0.25, -0.2) is 0 Å². The number of ether oxygens (including phenoxy) is 1. The average Bonchev–Trinajstić information content (AvgIpc) is 2.18. The number of nitrogens with two attached hydrogens (primary N) is 1. The van der Waals surface area contributed by atoms with Crippen LogP contribution in [0, 0.1) is 0 Å². The first-order chi connectivity index (χ1) is 6.81. The Morgan fingerprint density at radius 1 is 1.50 bits per heavy atom. The molecule has 0 saturated heterocycles. The van der Waals surface area contributed by atoms with Crippen LogP contribution in [0.3, 0.4) is 0 Å². The summed E-state index contributed by atoms with van der Waals surface area (Å²) in [5.74, 6) is 0.903. The fraction of sp³-hybridized carbons (Fsp3) is 0.455. The molecule has 0 aromatic heterocycles. The molecular formula is C11H16N2O. The Hall–Kier alpha value is -1.22. The zero-order chi connectivity index (χ0) is 9.97. The standard InChI is InChI=1S/C11H16N2O/c1-2-7-13-8-11(12)14-10-6-4-3-5-9(10)13/h3-6,11H,2,7-8,12H2,1H3. The summed E-state index contributed by atoms with van der Waals surface area (Å²) in [6, 6.07) is 8.05. The minimum Gasteiger partial charge on any atom is -0.472 e. The summed E-state index contributed by atoms with van der Waals surface area (Å²) in [6.45, 7) is 3.99. The van der Waals surface area contributed by atoms with Gasteiger partial charge in [-0.1, -0.05) is 19.1 Å². The summed E-state index contributed by atoms with van der Waals surface area (Å²) in [6.07, 6.45) is 0.928. The molecule has 1 atom stereocenters. The van der Waals surface area contributed by atoms with E-state index in [9.17, 15) is 0 Å². The van der Waals surface area contributed by atoms with Gasteiger partial charge in [-0.2, -0.15) is 0 Å². The van der Waals surface area contributed by atoms with E-state index in [0.29, 0.717) is 0 Å². The Labute approximate surface area is 84.5 Å². The molecule has 1 heterocycles. The Morgan fingerprint density at radius 2 is 2.29 bits per heavy atom. The Morgan fingerprint density at radius 3 is 3.07 bits per heavy atom. The van der Waals surface area contributed by atoms with Gasteiger partial charge < -0.3 is 9.64 Å². The van der Waals surface area contributed by atoms with E-state index in [2.05, 4.69) is 17.9 Å². The number of anilines is 1. The maximum Gasteiger partial charge on any atom is 0.165 e. The number of para-hydroxylation sites is 2. The summed E-state index contributed by atoms with van der Waals surface area (Å²) < 4.78 is 5.54. The highest BCUT2D eigenvalue weighted by molar-refractivity contribution is 5.59. The molecule has 0 saturated carbocycles. The summed E-state index contributed by atoms with van der Waals surface area (Å²) in [5.41, 5.74) is 6.97. The Kier molecular flexibility index (Phi) is 2.59. The van der Waals surface area contributed by atoms with Crippen LogP contribution in [-0.4, -0.2) is 19.3 Å². The molecule has 2 rings (SSSR count). The van der Waals surface area contributed by atoms with E-state index >= 15 is 0 Å². The molecule has 2 N–H and O–H groups in total. The normalized spacial score (nSPS) is 20.1. The van der Waals surface area contributed by atoms with Crippen LogP contribution in [0.1, 0.15) is 13.3 Å². The Balaban J connectivity index is 2.28. The first kappa shape index (κ1) is 9.34. The van der Waals surface area contributed by atoms with Crippen molar-refractivity contribution in [3.63, 3.8) is 0 Å². The van der Waals surface area contributed by atoms with Crippen LogP contribution in [0.4, 0.5) is 5.69 Å². The van der Waals surface area contributed by atoms with E-state index < -0.39 is 0 Å². The fourth-order valence-electron chi connectivity index (χ4n) is 1.82. The number of fused-ring (bicyclic) bond motifs is 1. The van der Waals surface area contributed by atoms with E-state index in [1.807, 2.05) is 18.2 Å². The highest BCUT2D eigenvalue weighted by Crippen LogP contribution is 2.31. The first-order valence-corrected chi connectivity index (χ1v) is 5.07. The summed E-state index contributed by atoms with van der Waals surface area (Å²) >= 11 is 0. The predicted octanol–water partition coefficient (Wildman–Crippen LogP) is 1.58. The van der Waals surface area contributed by atoms with Crippen LogP contribution in [0.2, 0.25) is 0 Å². The molecule has 1 aliphatic rings. The molecular weight excluding hydrogens is 176 g/mol. The zero-order valence-electron chi connectivity index (χ0n) is 8.44. The molecule has 1 aromatic rings. The highest BCUT2D eigenvalue weighted by Gasteiger charge is 2.21. The lowest BCUT2D eigenvalue weighted by molar-refractivity contribution is 0.201. The van der Waals surface area contributed by atoms with Gasteiger partial charge in [-0.15, -0.1) is 0 Å². The van der Waals surface area contributed by atoms with Crippen LogP contribution in [-0.2, 0) is 0 Å². The van der Waals surface area contributed by atoms with E-state index in [1.165, 1.54) is 0 Å². The SMILES string of the molecule is CCCN1CC(N)Oc2ccccc21. The summed E-state index contributed by atoms with van der Waals surface area (Å²) in [4.78, 5) is 2.28. The Bertz CT molecular complexity index is 314. The van der Waals surface area contributed by atoms with Crippen LogP contribution in [0.15, 0.2) is 24.3 Å². The lowest BCUT2D eigenvalue weighted by Gasteiger charge is -2.34. The van der Waals surface area contributed by atoms with Gasteiger partial charge in [-0.3, -0.25) is 5.73 Å². The van der Waals surface area contributed by atoms with Crippen LogP contribution in [0.25, 0.3) is 0 Å². The van der Waals surface area contributed by atoms with Crippen molar-refractivity contribution in [1.82, 2.24) is 0 Å². The molecule has 0 radical (unpaired) electrons. The minimum absolute atomic E-state index is 0.198. The largest absolute Gasteiger partial charge is 0.472 e. The zero-order valence-corrected chi connectivity index (χ0v) is 8.44. The second-order valence-corrected chi connectivity index (χ2v) is 3.57. The van der Waals surface area contributed by atoms with Crippen molar-refractivity contribution >= 4 is 5.69 Å². The molecule has 0 spiro atoms. The summed E-state index contributed by atoms with van der Waals surface area (Å²) in [5, 5.41) is 0. The molecule has 14 heavy (non-hydrogen) atoms. The summed E-state index contributed by atoms with van der Waals surface area (Å²) in [7, 11) is 0. The average molecular weight is 192 g/mol. The van der Waals surface area contributed by atoms with Crippen LogP contribution >= 0.6 is 0 Å². The van der Waals surface area contributed by atoms with Crippen molar-refractivity contribution in [2.45, 2.75) is 19.6 Å². The van der Waals surface area contributed by atoms with Crippen LogP contribution in [0.5, 0.6) is 5.75 Å². The number of nitrogens with zero attached hydrogens (tertiary/aromatic N) is 1. The number of hydrogen-bond donors (Lipinski definition) is 1. The molecule has 0 fully saturated rings. The lowest BCUT2D eigenvalue weighted by Crippen LogP contribution is -2.45. The third-order valence-corrected chi connectivity index (χ3v) is 2.38. The molecule has 1 aliphatic heterocycles. The third-order valence-electron chi connectivity index (χ3n) is 2.38. The predicted molar refractivity (Wildman–Crippen MR) is 57.5 cm³/mol. The van der Waals surface area contributed by atoms with Crippen molar-refractivity contribution in [1.29, 1.82) is 0 Å². The van der Waals surface area contributed by atoms with Crippen molar-refractivity contribution in [3.8, 4) is 5.75 Å². The van der Waals surface area contributed by atoms with Gasteiger partial charge in [0.1, 0.15) is 5.75 Å². The highest BCUT2D eigenvalue weighted by atomic mass is 16.5. The van der Waals surface area contributed by atoms with Gasteiger partial charge in [0.2, 0.25) is 0 Å². The fourth-order valence-corrected chi connectivity index (χ4v) is 1.82. The second kappa shape index (κ2) is 3.88. The number of rotatable bonds is 2. The van der Waals surface area contributed by atoms with E-state index in [1.54, 1.807) is 0 Å². The topological polar surface area (TPSA) is 38.5 Å². The molecule has 3 nitrogen and oxygen atoms in total. The third kappa shape index (κ3) is 1.68. The molecule has 0 amide bonds. The monoisotopic (exact) mass is 192 g/mol. The van der Waals surface area contributed by atoms with E-state index in [0.717, 1.165) is 30.9 Å². The molecule has 1 unspecified atom stereocenters. The molecule has 3 heteroatoms. The quantitative estimate of drug-likeness (QED) is 0.773. The van der Waals surface area contributed by atoms with Crippen molar-refractivity contribution in [2.24, 2.45) is 5.73 Å². The molecule has 1 aromatic carbocycles. The molecule has 0 bridgehead atoms. The van der Waals surface area contributed by atoms with Gasteiger partial charge in [-0.05, 0) is 18.6 Å². The van der Waals surface area contributed by atoms with Gasteiger partial charge in [0.15, 0.2) is 6.23 Å². The minimum atomic E-state index is -0.198. The van der Waals surface area contributed by atoms with Crippen molar-refractivity contribution in [2.75, 3.05) is 18.0 Å². The smallest absolute Gasteiger partial charge is 0.165 e. The second-order valence-electron chi connectivity index (χ2n) is 3.57. The molecule has 0 aliphatic carbocycles. The van der Waals surface area contributed by atoms with Crippen molar-refractivity contribution < 1.29 is 4.74 Å². The maximum atomic E-state index is 5.81.